The first-order valence-electron chi connectivity index (χ1n) is 9.72. The van der Waals surface area contributed by atoms with E-state index in [2.05, 4.69) is 20.6 Å². The molecule has 0 bridgehead atoms. The number of nitrogen functional groups attached to an aromatic ring is 1. The van der Waals surface area contributed by atoms with Crippen LogP contribution in [0.2, 0.25) is 0 Å². The lowest BCUT2D eigenvalue weighted by Gasteiger charge is -2.24. The number of aromatic nitrogens is 2. The van der Waals surface area contributed by atoms with Crippen molar-refractivity contribution in [3.63, 3.8) is 0 Å². The van der Waals surface area contributed by atoms with E-state index in [0.29, 0.717) is 24.3 Å². The summed E-state index contributed by atoms with van der Waals surface area (Å²) in [6.07, 6.45) is 2.48. The van der Waals surface area contributed by atoms with Gasteiger partial charge < -0.3 is 27.2 Å². The fraction of sp³-hybridized carbons (Fsp3) is 0.474. The highest BCUT2D eigenvalue weighted by atomic mass is 32.1. The van der Waals surface area contributed by atoms with Crippen molar-refractivity contribution in [1.82, 2.24) is 9.97 Å². The van der Waals surface area contributed by atoms with Crippen LogP contribution in [0, 0.1) is 12.8 Å². The molecule has 1 amide bonds. The number of rotatable bonds is 9. The van der Waals surface area contributed by atoms with Crippen molar-refractivity contribution in [2.24, 2.45) is 11.7 Å². The molecule has 30 heavy (non-hydrogen) atoms. The molecule has 0 saturated heterocycles. The standard InChI is InChI=1S/C19H26N6O4S/c1-9-6-15(23-12(18(28)29)3-5-14(20)26)30-13(9)4-2-10-7-11-16(22-8-10)24-19(21)25-17(11)27/h6,10,12,23H,2-5,7-8H2,1H3,(H2,20,26)(H,28,29)(H4,21,22,24,25,27)/t10?,12-/m0/s1. The molecule has 3 rings (SSSR count). The summed E-state index contributed by atoms with van der Waals surface area (Å²) >= 11 is 1.51. The second kappa shape index (κ2) is 9.16. The zero-order valence-electron chi connectivity index (χ0n) is 16.7. The molecule has 1 aliphatic heterocycles. The van der Waals surface area contributed by atoms with Gasteiger partial charge in [0.15, 0.2) is 0 Å². The minimum atomic E-state index is -1.02. The number of aryl methyl sites for hydroxylation is 2. The summed E-state index contributed by atoms with van der Waals surface area (Å²) in [5.74, 6) is -0.596. The van der Waals surface area contributed by atoms with Crippen molar-refractivity contribution < 1.29 is 14.7 Å². The second-order valence-electron chi connectivity index (χ2n) is 7.53. The number of nitrogens with one attached hydrogen (secondary N) is 3. The van der Waals surface area contributed by atoms with Crippen LogP contribution in [0.4, 0.5) is 16.8 Å². The zero-order valence-corrected chi connectivity index (χ0v) is 17.5. The number of primary amides is 1. The number of H-pyrrole nitrogens is 1. The van der Waals surface area contributed by atoms with Crippen LogP contribution in [-0.2, 0) is 22.4 Å². The summed E-state index contributed by atoms with van der Waals surface area (Å²) in [6, 6.07) is 1.06. The van der Waals surface area contributed by atoms with E-state index in [4.69, 9.17) is 11.5 Å². The van der Waals surface area contributed by atoms with Gasteiger partial charge >= 0.3 is 5.97 Å². The van der Waals surface area contributed by atoms with Gasteiger partial charge in [-0.2, -0.15) is 4.98 Å². The van der Waals surface area contributed by atoms with Crippen molar-refractivity contribution in [2.45, 2.75) is 45.1 Å². The predicted octanol–water partition coefficient (Wildman–Crippen LogP) is 1.07. The van der Waals surface area contributed by atoms with Gasteiger partial charge in [0.25, 0.3) is 5.56 Å². The Morgan fingerprint density at radius 3 is 2.93 bits per heavy atom. The zero-order chi connectivity index (χ0) is 21.8. The Morgan fingerprint density at radius 1 is 1.47 bits per heavy atom. The van der Waals surface area contributed by atoms with Crippen molar-refractivity contribution in [2.75, 3.05) is 22.9 Å². The monoisotopic (exact) mass is 434 g/mol. The molecule has 1 aliphatic rings. The number of thiophene rings is 1. The van der Waals surface area contributed by atoms with Gasteiger partial charge in [0.2, 0.25) is 11.9 Å². The Kier molecular flexibility index (Phi) is 6.60. The minimum Gasteiger partial charge on any atom is -0.480 e. The number of carbonyl (C=O) groups excluding carboxylic acids is 1. The van der Waals surface area contributed by atoms with E-state index in [1.54, 1.807) is 0 Å². The smallest absolute Gasteiger partial charge is 0.326 e. The van der Waals surface area contributed by atoms with Crippen LogP contribution in [0.1, 0.15) is 35.3 Å². The van der Waals surface area contributed by atoms with Crippen molar-refractivity contribution in [3.05, 3.63) is 32.4 Å². The number of nitrogens with zero attached hydrogens (tertiary/aromatic N) is 1. The van der Waals surface area contributed by atoms with Gasteiger partial charge in [-0.15, -0.1) is 11.3 Å². The highest BCUT2D eigenvalue weighted by Crippen LogP contribution is 2.31. The first kappa shape index (κ1) is 21.6. The number of carbonyl (C=O) groups is 2. The fourth-order valence-corrected chi connectivity index (χ4v) is 4.69. The Hall–Kier alpha value is -3.08. The second-order valence-corrected chi connectivity index (χ2v) is 8.66. The lowest BCUT2D eigenvalue weighted by atomic mass is 9.92. The van der Waals surface area contributed by atoms with Gasteiger partial charge in [-0.3, -0.25) is 14.6 Å². The molecule has 0 spiro atoms. The third kappa shape index (κ3) is 5.29. The highest BCUT2D eigenvalue weighted by molar-refractivity contribution is 7.16. The van der Waals surface area contributed by atoms with Gasteiger partial charge in [-0.05, 0) is 50.2 Å². The number of carboxylic acid groups (broad SMARTS) is 1. The number of carboxylic acids is 1. The van der Waals surface area contributed by atoms with Crippen molar-refractivity contribution in [1.29, 1.82) is 0 Å². The minimum absolute atomic E-state index is 0.0109. The van der Waals surface area contributed by atoms with E-state index < -0.39 is 17.9 Å². The molecule has 10 nitrogen and oxygen atoms in total. The maximum absolute atomic E-state index is 12.1. The molecule has 0 aliphatic carbocycles. The van der Waals surface area contributed by atoms with E-state index in [-0.39, 0.29) is 30.3 Å². The van der Waals surface area contributed by atoms with Gasteiger partial charge in [-0.25, -0.2) is 4.79 Å². The van der Waals surface area contributed by atoms with E-state index in [9.17, 15) is 19.5 Å². The lowest BCUT2D eigenvalue weighted by Crippen LogP contribution is -2.30. The van der Waals surface area contributed by atoms with E-state index in [0.717, 1.165) is 28.3 Å². The molecule has 11 heteroatoms. The maximum atomic E-state index is 12.1. The molecule has 3 heterocycles. The maximum Gasteiger partial charge on any atom is 0.326 e. The average Bonchev–Trinajstić information content (AvgIpc) is 3.02. The van der Waals surface area contributed by atoms with Crippen LogP contribution in [0.3, 0.4) is 0 Å². The van der Waals surface area contributed by atoms with E-state index in [1.165, 1.54) is 11.3 Å². The van der Waals surface area contributed by atoms with Gasteiger partial charge in [0.05, 0.1) is 10.6 Å². The molecule has 2 atom stereocenters. The van der Waals surface area contributed by atoms with Crippen molar-refractivity contribution >= 4 is 40.0 Å². The number of amides is 1. The normalized spacial score (nSPS) is 16.4. The number of anilines is 3. The molecule has 2 aromatic rings. The molecule has 1 unspecified atom stereocenters. The third-order valence-corrected chi connectivity index (χ3v) is 6.41. The summed E-state index contributed by atoms with van der Waals surface area (Å²) in [4.78, 5) is 42.3. The number of aliphatic carboxylic acids is 1. The van der Waals surface area contributed by atoms with Crippen LogP contribution >= 0.6 is 11.3 Å². The highest BCUT2D eigenvalue weighted by Gasteiger charge is 2.23. The predicted molar refractivity (Wildman–Crippen MR) is 116 cm³/mol. The van der Waals surface area contributed by atoms with Gasteiger partial charge in [0, 0.05) is 17.8 Å². The summed E-state index contributed by atoms with van der Waals surface area (Å²) in [6.45, 7) is 2.70. The molecular formula is C19H26N6O4S. The number of hydrogen-bond donors (Lipinski definition) is 6. The van der Waals surface area contributed by atoms with Crippen LogP contribution in [0.15, 0.2) is 10.9 Å². The fourth-order valence-electron chi connectivity index (χ4n) is 3.55. The first-order chi connectivity index (χ1) is 14.2. The number of aromatic amines is 1. The Balaban J connectivity index is 1.60. The quantitative estimate of drug-likeness (QED) is 0.339. The number of hydrogen-bond acceptors (Lipinski definition) is 8. The molecule has 8 N–H and O–H groups in total. The first-order valence-corrected chi connectivity index (χ1v) is 10.5. The average molecular weight is 435 g/mol. The lowest BCUT2D eigenvalue weighted by molar-refractivity contribution is -0.138. The largest absolute Gasteiger partial charge is 0.480 e. The molecular weight excluding hydrogens is 408 g/mol. The Labute approximate surface area is 177 Å². The van der Waals surface area contributed by atoms with E-state index in [1.807, 2.05) is 13.0 Å². The molecule has 0 saturated carbocycles. The molecule has 0 fully saturated rings. The SMILES string of the molecule is Cc1cc(N[C@@H](CCC(N)=O)C(=O)O)sc1CCC1CNc2nc(N)[nH]c(=O)c2C1. The Bertz CT molecular complexity index is 1000. The van der Waals surface area contributed by atoms with Crippen molar-refractivity contribution in [3.8, 4) is 0 Å². The molecule has 0 aromatic carbocycles. The number of nitrogens with two attached hydrogens (primary N) is 2. The van der Waals surface area contributed by atoms with E-state index >= 15 is 0 Å². The molecule has 162 valence electrons. The summed E-state index contributed by atoms with van der Waals surface area (Å²) in [5.41, 5.74) is 12.2. The molecule has 0 radical (unpaired) electrons. The topological polar surface area (TPSA) is 176 Å². The third-order valence-electron chi connectivity index (χ3n) is 5.18. The van der Waals surface area contributed by atoms with Crippen LogP contribution < -0.4 is 27.7 Å². The van der Waals surface area contributed by atoms with Crippen LogP contribution in [0.5, 0.6) is 0 Å². The van der Waals surface area contributed by atoms with Crippen LogP contribution in [-0.4, -0.2) is 39.5 Å². The van der Waals surface area contributed by atoms with Gasteiger partial charge in [-0.1, -0.05) is 0 Å². The molecule has 2 aromatic heterocycles. The number of fused-ring (bicyclic) bond motifs is 1. The van der Waals surface area contributed by atoms with Gasteiger partial charge in [0.1, 0.15) is 11.9 Å². The summed E-state index contributed by atoms with van der Waals surface area (Å²) in [7, 11) is 0. The Morgan fingerprint density at radius 2 is 2.23 bits per heavy atom. The summed E-state index contributed by atoms with van der Waals surface area (Å²) < 4.78 is 0. The summed E-state index contributed by atoms with van der Waals surface area (Å²) in [5, 5.41) is 16.3. The van der Waals surface area contributed by atoms with Crippen LogP contribution in [0.25, 0.3) is 0 Å².